The molecule has 1 heterocycles. The van der Waals surface area contributed by atoms with Crippen LogP contribution in [-0.2, 0) is 0 Å². The van der Waals surface area contributed by atoms with Gasteiger partial charge in [-0.25, -0.2) is 0 Å². The highest BCUT2D eigenvalue weighted by molar-refractivity contribution is 5.61. The second kappa shape index (κ2) is 4.53. The molecule has 0 amide bonds. The highest BCUT2D eigenvalue weighted by Gasteiger charge is 1.98. The average Bonchev–Trinajstić information content (AvgIpc) is 2.29. The molecule has 0 aliphatic rings. The third kappa shape index (κ3) is 2.42. The summed E-state index contributed by atoms with van der Waals surface area (Å²) < 4.78 is 5.04. The maximum atomic E-state index is 5.68. The Morgan fingerprint density at radius 1 is 1.19 bits per heavy atom. The number of hydrogen-bond acceptors (Lipinski definition) is 4. The van der Waals surface area contributed by atoms with Crippen molar-refractivity contribution in [3.63, 3.8) is 0 Å². The first-order chi connectivity index (χ1) is 7.78. The van der Waals surface area contributed by atoms with E-state index < -0.39 is 0 Å². The number of benzene rings is 1. The lowest BCUT2D eigenvalue weighted by Gasteiger charge is -2.07. The molecule has 0 aliphatic carbocycles. The minimum absolute atomic E-state index is 0.578. The Kier molecular flexibility index (Phi) is 2.91. The van der Waals surface area contributed by atoms with Crippen LogP contribution in [0, 0.1) is 0 Å². The topological polar surface area (TPSA) is 60.2 Å². The molecule has 82 valence electrons. The van der Waals surface area contributed by atoms with Crippen molar-refractivity contribution in [1.82, 2.24) is 4.98 Å². The van der Waals surface area contributed by atoms with Gasteiger partial charge in [-0.1, -0.05) is 12.1 Å². The van der Waals surface area contributed by atoms with Crippen molar-refractivity contribution in [2.45, 2.75) is 0 Å². The first-order valence-electron chi connectivity index (χ1n) is 4.91. The molecule has 0 bridgehead atoms. The van der Waals surface area contributed by atoms with Gasteiger partial charge in [-0.15, -0.1) is 0 Å². The molecular formula is C12H13N3O. The summed E-state index contributed by atoms with van der Waals surface area (Å²) in [6.07, 6.45) is 0. The predicted octanol–water partition coefficient (Wildman–Crippen LogP) is 2.42. The van der Waals surface area contributed by atoms with E-state index in [0.29, 0.717) is 11.6 Å². The number of hydrogen-bond donors (Lipinski definition) is 2. The van der Waals surface area contributed by atoms with Gasteiger partial charge in [0, 0.05) is 17.4 Å². The van der Waals surface area contributed by atoms with E-state index in [4.69, 9.17) is 10.5 Å². The molecule has 1 aromatic heterocycles. The first-order valence-corrected chi connectivity index (χ1v) is 4.91. The van der Waals surface area contributed by atoms with Gasteiger partial charge >= 0.3 is 0 Å². The number of rotatable bonds is 3. The Balaban J connectivity index is 2.20. The zero-order chi connectivity index (χ0) is 11.4. The first kappa shape index (κ1) is 10.3. The molecule has 4 heteroatoms. The van der Waals surface area contributed by atoms with Gasteiger partial charge in [0.15, 0.2) is 0 Å². The molecule has 0 saturated heterocycles. The van der Waals surface area contributed by atoms with Gasteiger partial charge in [0.1, 0.15) is 5.82 Å². The van der Waals surface area contributed by atoms with Crippen molar-refractivity contribution in [2.24, 2.45) is 0 Å². The Bertz CT molecular complexity index is 485. The Morgan fingerprint density at radius 3 is 2.75 bits per heavy atom. The van der Waals surface area contributed by atoms with Gasteiger partial charge in [0.05, 0.1) is 7.11 Å². The summed E-state index contributed by atoms with van der Waals surface area (Å²) in [6, 6.07) is 13.0. The lowest BCUT2D eigenvalue weighted by molar-refractivity contribution is 0.398. The summed E-state index contributed by atoms with van der Waals surface area (Å²) in [6.45, 7) is 0. The average molecular weight is 215 g/mol. The summed E-state index contributed by atoms with van der Waals surface area (Å²) in [5.74, 6) is 1.30. The smallest absolute Gasteiger partial charge is 0.214 e. The van der Waals surface area contributed by atoms with Crippen LogP contribution >= 0.6 is 0 Å². The third-order valence-electron chi connectivity index (χ3n) is 2.09. The van der Waals surface area contributed by atoms with E-state index in [1.54, 1.807) is 13.2 Å². The third-order valence-corrected chi connectivity index (χ3v) is 2.09. The number of nitrogens with two attached hydrogens (primary N) is 1. The number of pyridine rings is 1. The molecule has 0 radical (unpaired) electrons. The van der Waals surface area contributed by atoms with Gasteiger partial charge in [0.25, 0.3) is 0 Å². The lowest BCUT2D eigenvalue weighted by Crippen LogP contribution is -1.96. The van der Waals surface area contributed by atoms with Crippen LogP contribution in [0.25, 0.3) is 0 Å². The zero-order valence-corrected chi connectivity index (χ0v) is 8.97. The minimum atomic E-state index is 0.578. The number of anilines is 3. The summed E-state index contributed by atoms with van der Waals surface area (Å²) in [7, 11) is 1.59. The van der Waals surface area contributed by atoms with E-state index in [9.17, 15) is 0 Å². The fraction of sp³-hybridized carbons (Fsp3) is 0.0833. The summed E-state index contributed by atoms with van der Waals surface area (Å²) >= 11 is 0. The van der Waals surface area contributed by atoms with Crippen LogP contribution in [0.3, 0.4) is 0 Å². The fourth-order valence-corrected chi connectivity index (χ4v) is 1.36. The Hall–Kier alpha value is -2.23. The van der Waals surface area contributed by atoms with Gasteiger partial charge in [-0.3, -0.25) is 0 Å². The standard InChI is InChI=1S/C12H13N3O/c1-16-12-7-3-6-11(15-12)14-10-5-2-4-9(13)8-10/h2-8H,13H2,1H3,(H,14,15). The quantitative estimate of drug-likeness (QED) is 0.772. The highest BCUT2D eigenvalue weighted by Crippen LogP contribution is 2.18. The van der Waals surface area contributed by atoms with E-state index >= 15 is 0 Å². The minimum Gasteiger partial charge on any atom is -0.481 e. The van der Waals surface area contributed by atoms with E-state index in [1.165, 1.54) is 0 Å². The number of nitrogens with zero attached hydrogens (tertiary/aromatic N) is 1. The molecule has 0 spiro atoms. The summed E-state index contributed by atoms with van der Waals surface area (Å²) in [4.78, 5) is 4.24. The molecule has 0 saturated carbocycles. The predicted molar refractivity (Wildman–Crippen MR) is 64.9 cm³/mol. The van der Waals surface area contributed by atoms with Crippen molar-refractivity contribution in [3.05, 3.63) is 42.5 Å². The van der Waals surface area contributed by atoms with Gasteiger partial charge < -0.3 is 15.8 Å². The lowest BCUT2D eigenvalue weighted by atomic mass is 10.3. The molecule has 0 fully saturated rings. The molecule has 0 unspecified atom stereocenters. The van der Waals surface area contributed by atoms with Crippen LogP contribution in [0.4, 0.5) is 17.2 Å². The van der Waals surface area contributed by atoms with Crippen LogP contribution in [0.15, 0.2) is 42.5 Å². The molecule has 4 nitrogen and oxygen atoms in total. The molecule has 2 rings (SSSR count). The summed E-state index contributed by atoms with van der Waals surface area (Å²) in [5, 5.41) is 3.15. The molecule has 3 N–H and O–H groups in total. The van der Waals surface area contributed by atoms with Crippen LogP contribution in [0.5, 0.6) is 5.88 Å². The summed E-state index contributed by atoms with van der Waals surface area (Å²) in [5.41, 5.74) is 7.30. The van der Waals surface area contributed by atoms with E-state index in [2.05, 4.69) is 10.3 Å². The SMILES string of the molecule is COc1cccc(Nc2cccc(N)c2)n1. The van der Waals surface area contributed by atoms with Crippen molar-refractivity contribution >= 4 is 17.2 Å². The number of aromatic nitrogens is 1. The van der Waals surface area contributed by atoms with Crippen LogP contribution < -0.4 is 15.8 Å². The molecule has 1 aromatic carbocycles. The zero-order valence-electron chi connectivity index (χ0n) is 8.97. The monoisotopic (exact) mass is 215 g/mol. The van der Waals surface area contributed by atoms with Crippen molar-refractivity contribution in [2.75, 3.05) is 18.2 Å². The van der Waals surface area contributed by atoms with Gasteiger partial charge in [-0.05, 0) is 24.3 Å². The maximum absolute atomic E-state index is 5.68. The second-order valence-electron chi connectivity index (χ2n) is 3.32. The largest absolute Gasteiger partial charge is 0.481 e. The van der Waals surface area contributed by atoms with Crippen molar-refractivity contribution < 1.29 is 4.74 Å². The Labute approximate surface area is 94.1 Å². The molecule has 2 aromatic rings. The second-order valence-corrected chi connectivity index (χ2v) is 3.32. The van der Waals surface area contributed by atoms with Crippen molar-refractivity contribution in [3.8, 4) is 5.88 Å². The van der Waals surface area contributed by atoms with E-state index in [0.717, 1.165) is 11.5 Å². The fourth-order valence-electron chi connectivity index (χ4n) is 1.36. The van der Waals surface area contributed by atoms with Crippen molar-refractivity contribution in [1.29, 1.82) is 0 Å². The van der Waals surface area contributed by atoms with Crippen LogP contribution in [0.1, 0.15) is 0 Å². The molecular weight excluding hydrogens is 202 g/mol. The number of methoxy groups -OCH3 is 1. The normalized spacial score (nSPS) is 9.81. The Morgan fingerprint density at radius 2 is 2.00 bits per heavy atom. The van der Waals surface area contributed by atoms with E-state index in [1.807, 2.05) is 36.4 Å². The maximum Gasteiger partial charge on any atom is 0.214 e. The number of nitrogens with one attached hydrogen (secondary N) is 1. The highest BCUT2D eigenvalue weighted by atomic mass is 16.5. The van der Waals surface area contributed by atoms with Crippen LogP contribution in [-0.4, -0.2) is 12.1 Å². The van der Waals surface area contributed by atoms with Gasteiger partial charge in [0.2, 0.25) is 5.88 Å². The van der Waals surface area contributed by atoms with Crippen LogP contribution in [0.2, 0.25) is 0 Å². The molecule has 0 aliphatic heterocycles. The molecule has 0 atom stereocenters. The number of nitrogen functional groups attached to an aromatic ring is 1. The van der Waals surface area contributed by atoms with E-state index in [-0.39, 0.29) is 0 Å². The molecule has 16 heavy (non-hydrogen) atoms. The van der Waals surface area contributed by atoms with Gasteiger partial charge in [-0.2, -0.15) is 4.98 Å². The number of ether oxygens (including phenoxy) is 1.